The van der Waals surface area contributed by atoms with Crippen molar-refractivity contribution in [1.82, 2.24) is 58.6 Å². The van der Waals surface area contributed by atoms with E-state index in [2.05, 4.69) is 45.8 Å². The van der Waals surface area contributed by atoms with Crippen LogP contribution in [0.5, 0.6) is 11.8 Å². The highest BCUT2D eigenvalue weighted by Gasteiger charge is 2.23. The molecule has 0 atom stereocenters. The van der Waals surface area contributed by atoms with Gasteiger partial charge < -0.3 is 38.2 Å². The summed E-state index contributed by atoms with van der Waals surface area (Å²) in [6.45, 7) is 8.03. The van der Waals surface area contributed by atoms with Gasteiger partial charge >= 0.3 is 0 Å². The maximum absolute atomic E-state index is 11.1. The number of benzene rings is 2. The fourth-order valence-corrected chi connectivity index (χ4v) is 8.07. The number of non-ortho nitro benzene ring substituents is 2. The van der Waals surface area contributed by atoms with Gasteiger partial charge in [0.15, 0.2) is 45.5 Å². The van der Waals surface area contributed by atoms with Crippen LogP contribution in [0.4, 0.5) is 11.4 Å². The Labute approximate surface area is 501 Å². The fourth-order valence-electron chi connectivity index (χ4n) is 7.62. The van der Waals surface area contributed by atoms with Gasteiger partial charge in [-0.2, -0.15) is 9.97 Å². The summed E-state index contributed by atoms with van der Waals surface area (Å²) in [7, 11) is 10.3. The van der Waals surface area contributed by atoms with E-state index in [0.717, 1.165) is 28.0 Å². The molecule has 4 amide bonds. The Morgan fingerprint density at radius 1 is 0.535 bits per heavy atom. The molecular formula is C57H63BrN14O14. The number of ether oxygens (including phenoxy) is 2. The van der Waals surface area contributed by atoms with Gasteiger partial charge in [-0.3, -0.25) is 58.6 Å². The number of amides is 4. The van der Waals surface area contributed by atoms with Crippen LogP contribution in [0.25, 0.3) is 22.3 Å². The topological polar surface area (TPSA) is 341 Å². The van der Waals surface area contributed by atoms with Crippen molar-refractivity contribution in [2.75, 3.05) is 41.4 Å². The molecule has 4 aliphatic rings. The van der Waals surface area contributed by atoms with Crippen molar-refractivity contribution in [3.05, 3.63) is 151 Å². The van der Waals surface area contributed by atoms with E-state index >= 15 is 0 Å². The number of rotatable bonds is 11. The fraction of sp³-hybridized carbons (Fsp3) is 0.333. The van der Waals surface area contributed by atoms with Gasteiger partial charge in [0.05, 0.1) is 65.9 Å². The van der Waals surface area contributed by atoms with Crippen LogP contribution in [0.2, 0.25) is 0 Å². The highest BCUT2D eigenvalue weighted by atomic mass is 79.9. The molecule has 4 aromatic heterocycles. The second-order valence-electron chi connectivity index (χ2n) is 19.3. The third kappa shape index (κ3) is 19.3. The molecule has 28 nitrogen and oxygen atoms in total. The molecule has 0 N–H and O–H groups in total. The molecule has 0 fully saturated rings. The molecule has 0 saturated carbocycles. The number of hydrogen-bond acceptors (Lipinski definition) is 20. The summed E-state index contributed by atoms with van der Waals surface area (Å²) in [6.07, 6.45) is 12.9. The maximum Gasteiger partial charge on any atom is 0.269 e. The summed E-state index contributed by atoms with van der Waals surface area (Å²) < 4.78 is 15.6. The summed E-state index contributed by atoms with van der Waals surface area (Å²) in [5.74, 6) is 1.24. The van der Waals surface area contributed by atoms with Crippen LogP contribution < -0.4 is 9.47 Å². The number of carbonyl (C=O) groups is 8. The van der Waals surface area contributed by atoms with E-state index in [1.807, 2.05) is 30.2 Å². The molecule has 0 aliphatic carbocycles. The zero-order valence-corrected chi connectivity index (χ0v) is 50.5. The van der Waals surface area contributed by atoms with Crippen molar-refractivity contribution in [3.8, 4) is 11.8 Å². The average molecular weight is 1250 g/mol. The number of nitro benzene ring substituents is 2. The number of Topliss-reactive ketones (excluding diaryl/α,β-unsaturated/α-hetero) is 3. The number of nitro groups is 2. The zero-order chi connectivity index (χ0) is 63.5. The smallest absolute Gasteiger partial charge is 0.269 e. The first-order chi connectivity index (χ1) is 40.6. The van der Waals surface area contributed by atoms with E-state index in [4.69, 9.17) is 9.47 Å². The summed E-state index contributed by atoms with van der Waals surface area (Å²) in [6, 6.07) is 12.9. The third-order valence-corrected chi connectivity index (χ3v) is 13.3. The third-order valence-electron chi connectivity index (χ3n) is 12.6. The van der Waals surface area contributed by atoms with E-state index in [1.165, 1.54) is 62.3 Å². The number of halogens is 1. The van der Waals surface area contributed by atoms with Gasteiger partial charge in [-0.1, -0.05) is 31.2 Å². The lowest BCUT2D eigenvalue weighted by Gasteiger charge is -2.18. The highest BCUT2D eigenvalue weighted by molar-refractivity contribution is 9.12. The van der Waals surface area contributed by atoms with Crippen molar-refractivity contribution in [3.63, 3.8) is 0 Å². The van der Waals surface area contributed by atoms with Crippen molar-refractivity contribution in [1.29, 1.82) is 0 Å². The van der Waals surface area contributed by atoms with Crippen LogP contribution in [0, 0.1) is 34.1 Å². The number of allylic oxidation sites excluding steroid dienone is 4. The molecule has 2 aromatic carbocycles. The Bertz CT molecular complexity index is 3510. The lowest BCUT2D eigenvalue weighted by atomic mass is 10.0. The van der Waals surface area contributed by atoms with Gasteiger partial charge in [-0.05, 0) is 60.3 Å². The molecule has 10 rings (SSSR count). The van der Waals surface area contributed by atoms with Gasteiger partial charge in [-0.25, -0.2) is 19.9 Å². The molecular weight excluding hydrogens is 1180 g/mol. The first kappa shape index (κ1) is 66.7. The van der Waals surface area contributed by atoms with E-state index in [0.29, 0.717) is 77.0 Å². The van der Waals surface area contributed by atoms with Gasteiger partial charge in [0, 0.05) is 115 Å². The first-order valence-electron chi connectivity index (χ1n) is 26.3. The molecule has 86 heavy (non-hydrogen) atoms. The van der Waals surface area contributed by atoms with E-state index in [-0.39, 0.29) is 83.8 Å². The SMILES string of the molecule is CC1=CN(C)C(=O)CC1=O.CCC1=CN(C)C(=O)CC1=O.CN1C=C(Br)C(=O)CC1=O.CN1C=CC(=O)CC1=O.Cc1nc(OCCc2ccc([N+](=O)[O-])cc2)c2ncn(C)c2n1.Cc1nc(OCCc2ccc([N+](=O)[O-])cc2)c2ncn(C)c2n1. The predicted molar refractivity (Wildman–Crippen MR) is 315 cm³/mol. The van der Waals surface area contributed by atoms with Crippen LogP contribution in [-0.4, -0.2) is 157 Å². The minimum absolute atomic E-state index is 0.0203. The number of aryl methyl sites for hydroxylation is 4. The van der Waals surface area contributed by atoms with Crippen molar-refractivity contribution in [2.24, 2.45) is 14.1 Å². The highest BCUT2D eigenvalue weighted by Crippen LogP contribution is 2.23. The zero-order valence-electron chi connectivity index (χ0n) is 48.9. The lowest BCUT2D eigenvalue weighted by Crippen LogP contribution is -2.29. The van der Waals surface area contributed by atoms with Crippen LogP contribution in [0.1, 0.15) is 68.7 Å². The number of imidazole rings is 2. The maximum atomic E-state index is 11.1. The normalized spacial score (nSPS) is 14.7. The quantitative estimate of drug-likeness (QED) is 0.0812. The Hall–Kier alpha value is -10.1. The predicted octanol–water partition coefficient (Wildman–Crippen LogP) is 6.02. The van der Waals surface area contributed by atoms with Gasteiger partial charge in [-0.15, -0.1) is 0 Å². The Kier molecular flexibility index (Phi) is 24.1. The summed E-state index contributed by atoms with van der Waals surface area (Å²) >= 11 is 3.04. The molecule has 0 unspecified atom stereocenters. The Morgan fingerprint density at radius 2 is 0.942 bits per heavy atom. The lowest BCUT2D eigenvalue weighted by molar-refractivity contribution is -0.385. The molecule has 0 radical (unpaired) electrons. The molecule has 6 aromatic rings. The van der Waals surface area contributed by atoms with Crippen molar-refractivity contribution in [2.45, 2.75) is 72.6 Å². The number of carbonyl (C=O) groups excluding carboxylic acids is 8. The molecule has 452 valence electrons. The number of hydrogen-bond donors (Lipinski definition) is 0. The molecule has 29 heteroatoms. The van der Waals surface area contributed by atoms with E-state index in [1.54, 1.807) is 98.3 Å². The molecule has 8 heterocycles. The van der Waals surface area contributed by atoms with Gasteiger partial charge in [0.2, 0.25) is 35.4 Å². The van der Waals surface area contributed by atoms with Crippen molar-refractivity contribution < 1.29 is 57.7 Å². The van der Waals surface area contributed by atoms with Crippen LogP contribution >= 0.6 is 15.9 Å². The first-order valence-corrected chi connectivity index (χ1v) is 27.1. The Morgan fingerprint density at radius 3 is 1.34 bits per heavy atom. The Balaban J connectivity index is 0.000000198. The monoisotopic (exact) mass is 1250 g/mol. The van der Waals surface area contributed by atoms with Gasteiger partial charge in [0.25, 0.3) is 11.4 Å². The molecule has 0 saturated heterocycles. The van der Waals surface area contributed by atoms with E-state index in [9.17, 15) is 58.6 Å². The summed E-state index contributed by atoms with van der Waals surface area (Å²) in [5.41, 5.74) is 6.17. The number of aromatic nitrogens is 8. The summed E-state index contributed by atoms with van der Waals surface area (Å²) in [4.78, 5) is 138. The molecule has 0 bridgehead atoms. The average Bonchev–Trinajstić information content (AvgIpc) is 2.44. The second kappa shape index (κ2) is 31.0. The van der Waals surface area contributed by atoms with Gasteiger partial charge in [0.1, 0.15) is 11.6 Å². The van der Waals surface area contributed by atoms with Crippen LogP contribution in [0.15, 0.2) is 108 Å². The van der Waals surface area contributed by atoms with E-state index < -0.39 is 9.85 Å². The number of nitrogens with zero attached hydrogens (tertiary/aromatic N) is 14. The minimum Gasteiger partial charge on any atom is -0.476 e. The standard InChI is InChI=1S/2C15H15N5O3.C8H11NO2.C7H9NO2.C6H6BrNO2.C6H7NO2/c2*1-10-17-14-13(16-9-19(14)2)15(18-10)23-8-7-11-3-5-12(6-4-11)20(21)22;1-3-6-5-9(2)8(11)4-7(6)10;1-5-4-8(2)7(10)3-6(5)9;1-8-3-4(7)5(9)2-6(8)10;1-7-3-2-5(8)4-6(7)9/h2*3-6,9H,7-8H2,1-2H3;5H,3-4H2,1-2H3;4H,3H2,1-2H3;3H,2H2,1H3;2-3H,4H2,1H3. The largest absolute Gasteiger partial charge is 0.476 e. The van der Waals surface area contributed by atoms with Crippen LogP contribution in [-0.2, 0) is 65.3 Å². The second-order valence-corrected chi connectivity index (χ2v) is 20.2. The van der Waals surface area contributed by atoms with Crippen molar-refractivity contribution >= 4 is 96.4 Å². The number of fused-ring (bicyclic) bond motifs is 2. The minimum atomic E-state index is -0.415. The van der Waals surface area contributed by atoms with Crippen LogP contribution in [0.3, 0.4) is 0 Å². The molecule has 4 aliphatic heterocycles. The molecule has 0 spiro atoms. The number of ketones is 4. The summed E-state index contributed by atoms with van der Waals surface area (Å²) in [5, 5.41) is 21.3.